The lowest BCUT2D eigenvalue weighted by Gasteiger charge is -2.22. The Morgan fingerprint density at radius 2 is 1.72 bits per heavy atom. The maximum atomic E-state index is 12.9. The quantitative estimate of drug-likeness (QED) is 0.694. The number of hydrogen-bond acceptors (Lipinski definition) is 4. The SMILES string of the molecule is CCN(Cc1ccc(OC)c(OC)c1)S(=O)(=O)c1cccc(Cl)c1Cl. The molecule has 25 heavy (non-hydrogen) atoms. The number of hydrogen-bond donors (Lipinski definition) is 0. The molecule has 0 unspecified atom stereocenters. The predicted molar refractivity (Wildman–Crippen MR) is 99.3 cm³/mol. The number of nitrogens with zero attached hydrogens (tertiary/aromatic N) is 1. The fourth-order valence-corrected chi connectivity index (χ4v) is 4.54. The van der Waals surface area contributed by atoms with Crippen molar-refractivity contribution in [1.82, 2.24) is 4.31 Å². The summed E-state index contributed by atoms with van der Waals surface area (Å²) in [5, 5.41) is 0.222. The van der Waals surface area contributed by atoms with Gasteiger partial charge in [0.1, 0.15) is 4.90 Å². The summed E-state index contributed by atoms with van der Waals surface area (Å²) in [5.74, 6) is 1.12. The maximum Gasteiger partial charge on any atom is 0.244 e. The number of benzene rings is 2. The van der Waals surface area contributed by atoms with Gasteiger partial charge in [-0.2, -0.15) is 4.31 Å². The normalized spacial score (nSPS) is 11.6. The maximum absolute atomic E-state index is 12.9. The average Bonchev–Trinajstić information content (AvgIpc) is 2.61. The highest BCUT2D eigenvalue weighted by Gasteiger charge is 2.26. The monoisotopic (exact) mass is 403 g/mol. The Kier molecular flexibility index (Phi) is 6.57. The lowest BCUT2D eigenvalue weighted by molar-refractivity contribution is 0.353. The van der Waals surface area contributed by atoms with Gasteiger partial charge in [-0.15, -0.1) is 0 Å². The smallest absolute Gasteiger partial charge is 0.244 e. The van der Waals surface area contributed by atoms with E-state index in [2.05, 4.69) is 0 Å². The zero-order valence-electron chi connectivity index (χ0n) is 14.1. The topological polar surface area (TPSA) is 55.8 Å². The molecule has 0 N–H and O–H groups in total. The zero-order chi connectivity index (χ0) is 18.6. The highest BCUT2D eigenvalue weighted by molar-refractivity contribution is 7.89. The third-order valence-electron chi connectivity index (χ3n) is 3.69. The largest absolute Gasteiger partial charge is 0.493 e. The molecule has 0 aromatic heterocycles. The van der Waals surface area contributed by atoms with Gasteiger partial charge >= 0.3 is 0 Å². The molecule has 0 atom stereocenters. The van der Waals surface area contributed by atoms with E-state index >= 15 is 0 Å². The first kappa shape index (κ1) is 19.8. The van der Waals surface area contributed by atoms with Crippen LogP contribution >= 0.6 is 23.2 Å². The number of halogens is 2. The fourth-order valence-electron chi connectivity index (χ4n) is 2.37. The summed E-state index contributed by atoms with van der Waals surface area (Å²) in [6, 6.07) is 9.83. The number of methoxy groups -OCH3 is 2. The molecule has 5 nitrogen and oxygen atoms in total. The van der Waals surface area contributed by atoms with Crippen molar-refractivity contribution in [1.29, 1.82) is 0 Å². The summed E-state index contributed by atoms with van der Waals surface area (Å²) in [6.07, 6.45) is 0. The van der Waals surface area contributed by atoms with Crippen LogP contribution in [-0.4, -0.2) is 33.5 Å². The highest BCUT2D eigenvalue weighted by atomic mass is 35.5. The lowest BCUT2D eigenvalue weighted by Crippen LogP contribution is -2.30. The van der Waals surface area contributed by atoms with Crippen LogP contribution < -0.4 is 9.47 Å². The van der Waals surface area contributed by atoms with Crippen LogP contribution in [0, 0.1) is 0 Å². The molecular weight excluding hydrogens is 385 g/mol. The molecule has 0 saturated heterocycles. The Hall–Kier alpha value is -1.47. The summed E-state index contributed by atoms with van der Waals surface area (Å²) in [7, 11) is -0.720. The van der Waals surface area contributed by atoms with Crippen LogP contribution in [0.3, 0.4) is 0 Å². The van der Waals surface area contributed by atoms with E-state index in [1.165, 1.54) is 17.5 Å². The first-order chi connectivity index (χ1) is 11.8. The van der Waals surface area contributed by atoms with E-state index in [0.717, 1.165) is 5.56 Å². The summed E-state index contributed by atoms with van der Waals surface area (Å²) < 4.78 is 37.7. The Morgan fingerprint density at radius 1 is 1.04 bits per heavy atom. The number of rotatable bonds is 7. The summed E-state index contributed by atoms with van der Waals surface area (Å²) in [5.41, 5.74) is 0.765. The molecule has 0 aliphatic rings. The van der Waals surface area contributed by atoms with Gasteiger partial charge < -0.3 is 9.47 Å². The van der Waals surface area contributed by atoms with Crippen LogP contribution in [-0.2, 0) is 16.6 Å². The standard InChI is InChI=1S/C17H19Cl2NO4S/c1-4-20(11-12-8-9-14(23-2)15(10-12)24-3)25(21,22)16-7-5-6-13(18)17(16)19/h5-10H,4,11H2,1-3H3. The molecule has 136 valence electrons. The molecule has 0 spiro atoms. The molecule has 2 aromatic carbocycles. The third-order valence-corrected chi connectivity index (χ3v) is 6.59. The highest BCUT2D eigenvalue weighted by Crippen LogP contribution is 2.32. The Balaban J connectivity index is 2.38. The second kappa shape index (κ2) is 8.27. The van der Waals surface area contributed by atoms with Gasteiger partial charge in [0.2, 0.25) is 10.0 Å². The summed E-state index contributed by atoms with van der Waals surface area (Å²) in [4.78, 5) is -0.0102. The third kappa shape index (κ3) is 4.20. The van der Waals surface area contributed by atoms with Gasteiger partial charge in [-0.05, 0) is 29.8 Å². The van der Waals surface area contributed by atoms with E-state index in [-0.39, 0.29) is 28.0 Å². The first-order valence-corrected chi connectivity index (χ1v) is 9.69. The van der Waals surface area contributed by atoms with Gasteiger partial charge in [0.05, 0.1) is 24.3 Å². The number of ether oxygens (including phenoxy) is 2. The average molecular weight is 404 g/mol. The van der Waals surface area contributed by atoms with E-state index in [1.807, 2.05) is 0 Å². The molecule has 0 heterocycles. The van der Waals surface area contributed by atoms with E-state index in [9.17, 15) is 8.42 Å². The van der Waals surface area contributed by atoms with Crippen molar-refractivity contribution in [3.8, 4) is 11.5 Å². The van der Waals surface area contributed by atoms with Crippen LogP contribution in [0.4, 0.5) is 0 Å². The minimum absolute atomic E-state index is 0.0102. The molecule has 0 bridgehead atoms. The summed E-state index contributed by atoms with van der Waals surface area (Å²) in [6.45, 7) is 2.21. The van der Waals surface area contributed by atoms with Crippen LogP contribution in [0.15, 0.2) is 41.3 Å². The molecule has 0 aliphatic heterocycles. The van der Waals surface area contributed by atoms with E-state index in [4.69, 9.17) is 32.7 Å². The molecule has 2 aromatic rings. The van der Waals surface area contributed by atoms with E-state index in [0.29, 0.717) is 11.5 Å². The zero-order valence-corrected chi connectivity index (χ0v) is 16.5. The van der Waals surface area contributed by atoms with Crippen molar-refractivity contribution in [3.63, 3.8) is 0 Å². The molecule has 0 radical (unpaired) electrons. The van der Waals surface area contributed by atoms with Crippen LogP contribution in [0.1, 0.15) is 12.5 Å². The molecule has 0 amide bonds. The Morgan fingerprint density at radius 3 is 2.32 bits per heavy atom. The fraction of sp³-hybridized carbons (Fsp3) is 0.294. The molecule has 8 heteroatoms. The lowest BCUT2D eigenvalue weighted by atomic mass is 10.2. The van der Waals surface area contributed by atoms with Gasteiger partial charge in [-0.3, -0.25) is 0 Å². The molecule has 0 aliphatic carbocycles. The van der Waals surface area contributed by atoms with Gasteiger partial charge in [-0.25, -0.2) is 8.42 Å². The minimum atomic E-state index is -3.79. The molecule has 0 saturated carbocycles. The van der Waals surface area contributed by atoms with E-state index < -0.39 is 10.0 Å². The van der Waals surface area contributed by atoms with Crippen molar-refractivity contribution in [2.75, 3.05) is 20.8 Å². The van der Waals surface area contributed by atoms with Crippen molar-refractivity contribution in [3.05, 3.63) is 52.0 Å². The van der Waals surface area contributed by atoms with Gasteiger partial charge in [0.15, 0.2) is 11.5 Å². The Labute approximate surface area is 158 Å². The van der Waals surface area contributed by atoms with Gasteiger partial charge in [0, 0.05) is 13.1 Å². The molecule has 0 fully saturated rings. The van der Waals surface area contributed by atoms with Crippen LogP contribution in [0.25, 0.3) is 0 Å². The van der Waals surface area contributed by atoms with Crippen LogP contribution in [0.2, 0.25) is 10.0 Å². The predicted octanol–water partition coefficient (Wildman–Crippen LogP) is 4.22. The van der Waals surface area contributed by atoms with Crippen molar-refractivity contribution < 1.29 is 17.9 Å². The van der Waals surface area contributed by atoms with Gasteiger partial charge in [-0.1, -0.05) is 42.3 Å². The molecule has 2 rings (SSSR count). The minimum Gasteiger partial charge on any atom is -0.493 e. The first-order valence-electron chi connectivity index (χ1n) is 7.50. The van der Waals surface area contributed by atoms with Crippen LogP contribution in [0.5, 0.6) is 11.5 Å². The van der Waals surface area contributed by atoms with Gasteiger partial charge in [0.25, 0.3) is 0 Å². The summed E-state index contributed by atoms with van der Waals surface area (Å²) >= 11 is 12.1. The molecular formula is C17H19Cl2NO4S. The number of sulfonamides is 1. The second-order valence-electron chi connectivity index (χ2n) is 5.17. The second-order valence-corrected chi connectivity index (χ2v) is 7.86. The Bertz CT molecular complexity index is 856. The van der Waals surface area contributed by atoms with Crippen molar-refractivity contribution in [2.24, 2.45) is 0 Å². The van der Waals surface area contributed by atoms with Crippen molar-refractivity contribution in [2.45, 2.75) is 18.4 Å². The van der Waals surface area contributed by atoms with Crippen molar-refractivity contribution >= 4 is 33.2 Å². The van der Waals surface area contributed by atoms with E-state index in [1.54, 1.807) is 44.4 Å².